The van der Waals surface area contributed by atoms with Crippen LogP contribution in [-0.4, -0.2) is 18.6 Å². The average Bonchev–Trinajstić information content (AvgIpc) is 3.13. The van der Waals surface area contributed by atoms with E-state index in [1.807, 2.05) is 6.07 Å². The topological polar surface area (TPSA) is 15.3 Å². The van der Waals surface area contributed by atoms with Crippen LogP contribution >= 0.6 is 0 Å². The van der Waals surface area contributed by atoms with Crippen LogP contribution in [0.5, 0.6) is 0 Å². The van der Waals surface area contributed by atoms with Crippen molar-refractivity contribution in [2.45, 2.75) is 52.2 Å². The van der Waals surface area contributed by atoms with Crippen molar-refractivity contribution >= 4 is 5.69 Å². The molecule has 1 aromatic carbocycles. The Labute approximate surface area is 109 Å². The van der Waals surface area contributed by atoms with Gasteiger partial charge in [0.1, 0.15) is 5.82 Å². The lowest BCUT2D eigenvalue weighted by molar-refractivity contribution is 0.595. The molecule has 0 aliphatic heterocycles. The van der Waals surface area contributed by atoms with E-state index in [2.05, 4.69) is 31.0 Å². The Kier molecular flexibility index (Phi) is 4.23. The number of rotatable bonds is 6. The van der Waals surface area contributed by atoms with E-state index in [0.717, 1.165) is 24.3 Å². The number of benzene rings is 1. The van der Waals surface area contributed by atoms with E-state index in [-0.39, 0.29) is 5.82 Å². The van der Waals surface area contributed by atoms with Crippen LogP contribution in [0.4, 0.5) is 10.1 Å². The molecule has 18 heavy (non-hydrogen) atoms. The third-order valence-electron chi connectivity index (χ3n) is 3.48. The molecule has 1 N–H and O–H groups in total. The second kappa shape index (κ2) is 5.70. The zero-order valence-electron chi connectivity index (χ0n) is 11.5. The molecule has 0 amide bonds. The van der Waals surface area contributed by atoms with Crippen LogP contribution in [0.1, 0.15) is 39.2 Å². The van der Waals surface area contributed by atoms with Gasteiger partial charge in [-0.05, 0) is 45.2 Å². The maximum atomic E-state index is 14.1. The van der Waals surface area contributed by atoms with Crippen molar-refractivity contribution in [3.63, 3.8) is 0 Å². The van der Waals surface area contributed by atoms with Gasteiger partial charge in [0.05, 0.1) is 5.69 Å². The van der Waals surface area contributed by atoms with Crippen molar-refractivity contribution in [3.8, 4) is 0 Å². The van der Waals surface area contributed by atoms with Gasteiger partial charge in [-0.25, -0.2) is 4.39 Å². The Morgan fingerprint density at radius 2 is 2.11 bits per heavy atom. The summed E-state index contributed by atoms with van der Waals surface area (Å²) >= 11 is 0. The quantitative estimate of drug-likeness (QED) is 0.833. The monoisotopic (exact) mass is 250 g/mol. The molecule has 3 heteroatoms. The van der Waals surface area contributed by atoms with Crippen molar-refractivity contribution in [2.75, 3.05) is 11.4 Å². The molecule has 1 saturated carbocycles. The molecule has 2 rings (SSSR count). The predicted molar refractivity (Wildman–Crippen MR) is 74.4 cm³/mol. The normalized spacial score (nSPS) is 15.2. The van der Waals surface area contributed by atoms with Crippen LogP contribution in [0.2, 0.25) is 0 Å². The van der Waals surface area contributed by atoms with Crippen molar-refractivity contribution in [1.82, 2.24) is 5.32 Å². The van der Waals surface area contributed by atoms with Crippen LogP contribution < -0.4 is 10.2 Å². The highest BCUT2D eigenvalue weighted by Gasteiger charge is 2.22. The summed E-state index contributed by atoms with van der Waals surface area (Å²) in [5.41, 5.74) is 1.83. The maximum absolute atomic E-state index is 14.1. The smallest absolute Gasteiger partial charge is 0.146 e. The van der Waals surface area contributed by atoms with Gasteiger partial charge in [-0.2, -0.15) is 0 Å². The van der Waals surface area contributed by atoms with E-state index >= 15 is 0 Å². The van der Waals surface area contributed by atoms with Crippen LogP contribution in [-0.2, 0) is 6.54 Å². The molecular weight excluding hydrogens is 227 g/mol. The number of hydrogen-bond donors (Lipinski definition) is 1. The summed E-state index contributed by atoms with van der Waals surface area (Å²) in [7, 11) is 0. The highest BCUT2D eigenvalue weighted by Crippen LogP contribution is 2.27. The van der Waals surface area contributed by atoms with E-state index in [1.54, 1.807) is 12.1 Å². The summed E-state index contributed by atoms with van der Waals surface area (Å²) in [5, 5.41) is 3.47. The van der Waals surface area contributed by atoms with Gasteiger partial charge < -0.3 is 10.2 Å². The average molecular weight is 250 g/mol. The largest absolute Gasteiger partial charge is 0.367 e. The number of nitrogens with one attached hydrogen (secondary N) is 1. The van der Waals surface area contributed by atoms with Gasteiger partial charge in [0.2, 0.25) is 0 Å². The Hall–Kier alpha value is -1.09. The summed E-state index contributed by atoms with van der Waals surface area (Å²) in [5.74, 6) is -0.111. The Bertz CT molecular complexity index is 399. The fourth-order valence-electron chi connectivity index (χ4n) is 2.35. The maximum Gasteiger partial charge on any atom is 0.146 e. The molecule has 0 bridgehead atoms. The van der Waals surface area contributed by atoms with E-state index < -0.39 is 0 Å². The molecule has 1 fully saturated rings. The van der Waals surface area contributed by atoms with Crippen molar-refractivity contribution in [2.24, 2.45) is 0 Å². The van der Waals surface area contributed by atoms with Gasteiger partial charge in [-0.3, -0.25) is 0 Å². The molecule has 2 nitrogen and oxygen atoms in total. The molecule has 0 saturated heterocycles. The second-order valence-corrected chi connectivity index (χ2v) is 5.28. The van der Waals surface area contributed by atoms with Crippen molar-refractivity contribution in [1.29, 1.82) is 0 Å². The van der Waals surface area contributed by atoms with Crippen molar-refractivity contribution < 1.29 is 4.39 Å². The molecule has 1 aliphatic carbocycles. The first-order chi connectivity index (χ1) is 8.63. The zero-order valence-corrected chi connectivity index (χ0v) is 11.5. The van der Waals surface area contributed by atoms with E-state index in [1.165, 1.54) is 12.8 Å². The minimum absolute atomic E-state index is 0.111. The summed E-state index contributed by atoms with van der Waals surface area (Å²) in [6.45, 7) is 7.88. The third kappa shape index (κ3) is 3.02. The first kappa shape index (κ1) is 13.3. The van der Waals surface area contributed by atoms with Gasteiger partial charge in [-0.1, -0.05) is 12.1 Å². The summed E-state index contributed by atoms with van der Waals surface area (Å²) in [6.07, 6.45) is 2.51. The first-order valence-corrected chi connectivity index (χ1v) is 6.91. The van der Waals surface area contributed by atoms with Gasteiger partial charge in [0, 0.05) is 25.2 Å². The number of halogens is 1. The standard InChI is InChI=1S/C15H23FN2/c1-4-18(11(2)3)15-12(6-5-7-14(15)16)10-17-13-8-9-13/h5-7,11,13,17H,4,8-10H2,1-3H3. The number of anilines is 1. The molecule has 0 radical (unpaired) electrons. The summed E-state index contributed by atoms with van der Waals surface area (Å²) < 4.78 is 14.1. The van der Waals surface area contributed by atoms with E-state index in [4.69, 9.17) is 0 Å². The minimum atomic E-state index is -0.111. The minimum Gasteiger partial charge on any atom is -0.367 e. The fraction of sp³-hybridized carbons (Fsp3) is 0.600. The lowest BCUT2D eigenvalue weighted by atomic mass is 10.1. The highest BCUT2D eigenvalue weighted by molar-refractivity contribution is 5.55. The number of para-hydroxylation sites is 1. The first-order valence-electron chi connectivity index (χ1n) is 6.91. The molecule has 100 valence electrons. The van der Waals surface area contributed by atoms with Crippen LogP contribution in [0, 0.1) is 5.82 Å². The highest BCUT2D eigenvalue weighted by atomic mass is 19.1. The zero-order chi connectivity index (χ0) is 13.1. The fourth-order valence-corrected chi connectivity index (χ4v) is 2.35. The Morgan fingerprint density at radius 1 is 1.39 bits per heavy atom. The molecule has 1 aliphatic rings. The SMILES string of the molecule is CCN(c1c(F)cccc1CNC1CC1)C(C)C. The molecule has 0 atom stereocenters. The van der Waals surface area contributed by atoms with Gasteiger partial charge in [-0.15, -0.1) is 0 Å². The van der Waals surface area contributed by atoms with Crippen molar-refractivity contribution in [3.05, 3.63) is 29.6 Å². The molecule has 0 heterocycles. The van der Waals surface area contributed by atoms with Crippen LogP contribution in [0.15, 0.2) is 18.2 Å². The lowest BCUT2D eigenvalue weighted by Crippen LogP contribution is -2.32. The third-order valence-corrected chi connectivity index (χ3v) is 3.48. The van der Waals surface area contributed by atoms with E-state index in [0.29, 0.717) is 12.1 Å². The summed E-state index contributed by atoms with van der Waals surface area (Å²) in [6, 6.07) is 6.35. The lowest BCUT2D eigenvalue weighted by Gasteiger charge is -2.30. The molecule has 0 unspecified atom stereocenters. The van der Waals surface area contributed by atoms with Gasteiger partial charge in [0.15, 0.2) is 0 Å². The van der Waals surface area contributed by atoms with Gasteiger partial charge in [0.25, 0.3) is 0 Å². The summed E-state index contributed by atoms with van der Waals surface area (Å²) in [4.78, 5) is 2.12. The predicted octanol–water partition coefficient (Wildman–Crippen LogP) is 3.31. The Morgan fingerprint density at radius 3 is 2.67 bits per heavy atom. The molecule has 0 aromatic heterocycles. The van der Waals surface area contributed by atoms with Gasteiger partial charge >= 0.3 is 0 Å². The molecule has 1 aromatic rings. The molecular formula is C15H23FN2. The van der Waals surface area contributed by atoms with E-state index in [9.17, 15) is 4.39 Å². The van der Waals surface area contributed by atoms with Crippen LogP contribution in [0.25, 0.3) is 0 Å². The molecule has 0 spiro atoms. The number of nitrogens with zero attached hydrogens (tertiary/aromatic N) is 1. The van der Waals surface area contributed by atoms with Crippen LogP contribution in [0.3, 0.4) is 0 Å². The Balaban J connectivity index is 2.23. The number of hydrogen-bond acceptors (Lipinski definition) is 2. The second-order valence-electron chi connectivity index (χ2n) is 5.28.